The van der Waals surface area contributed by atoms with Gasteiger partial charge in [0.25, 0.3) is 11.5 Å². The summed E-state index contributed by atoms with van der Waals surface area (Å²) in [4.78, 5) is 25.3. The molecule has 0 fully saturated rings. The highest BCUT2D eigenvalue weighted by Gasteiger charge is 2.15. The maximum absolute atomic E-state index is 12.7. The third-order valence-corrected chi connectivity index (χ3v) is 5.29. The van der Waals surface area contributed by atoms with Crippen molar-refractivity contribution in [2.45, 2.75) is 33.9 Å². The molecule has 2 aromatic carbocycles. The van der Waals surface area contributed by atoms with Crippen molar-refractivity contribution in [2.75, 3.05) is 20.3 Å². The molecule has 0 radical (unpaired) electrons. The predicted molar refractivity (Wildman–Crippen MR) is 133 cm³/mol. The third kappa shape index (κ3) is 5.86. The molecule has 1 N–H and O–H groups in total. The molecule has 0 unspecified atom stereocenters. The van der Waals surface area contributed by atoms with E-state index in [0.717, 1.165) is 10.8 Å². The van der Waals surface area contributed by atoms with Gasteiger partial charge in [0.2, 0.25) is 0 Å². The van der Waals surface area contributed by atoms with Gasteiger partial charge < -0.3 is 18.8 Å². The summed E-state index contributed by atoms with van der Waals surface area (Å²) in [5.74, 6) is 0.821. The van der Waals surface area contributed by atoms with Gasteiger partial charge in [0.1, 0.15) is 29.7 Å². The van der Waals surface area contributed by atoms with Crippen LogP contribution in [-0.2, 0) is 22.7 Å². The molecule has 3 aromatic rings. The monoisotopic (exact) mass is 476 g/mol. The van der Waals surface area contributed by atoms with Gasteiger partial charge in [-0.15, -0.1) is 0 Å². The number of nitrogens with zero attached hydrogens (tertiary/aromatic N) is 3. The minimum Gasteiger partial charge on any atom is -0.494 e. The van der Waals surface area contributed by atoms with E-state index >= 15 is 0 Å². The number of pyridine rings is 1. The van der Waals surface area contributed by atoms with E-state index in [0.29, 0.717) is 41.5 Å². The van der Waals surface area contributed by atoms with E-state index < -0.39 is 11.5 Å². The van der Waals surface area contributed by atoms with Crippen LogP contribution in [0.1, 0.15) is 36.2 Å². The lowest BCUT2D eigenvalue weighted by Gasteiger charge is -2.13. The fourth-order valence-corrected chi connectivity index (χ4v) is 3.74. The average molecular weight is 477 g/mol. The first-order valence-electron chi connectivity index (χ1n) is 11.2. The quantitative estimate of drug-likeness (QED) is 0.355. The maximum atomic E-state index is 12.7. The number of aromatic nitrogens is 1. The average Bonchev–Trinajstić information content (AvgIpc) is 2.83. The Morgan fingerprint density at radius 2 is 1.91 bits per heavy atom. The maximum Gasteiger partial charge on any atom is 0.269 e. The second-order valence-electron chi connectivity index (χ2n) is 7.64. The van der Waals surface area contributed by atoms with Gasteiger partial charge in [0.05, 0.1) is 26.0 Å². The molecular weight excluding hydrogens is 448 g/mol. The van der Waals surface area contributed by atoms with Gasteiger partial charge in [-0.25, -0.2) is 5.43 Å². The predicted octanol–water partition coefficient (Wildman–Crippen LogP) is 3.28. The van der Waals surface area contributed by atoms with E-state index in [2.05, 4.69) is 10.5 Å². The highest BCUT2D eigenvalue weighted by molar-refractivity contribution is 6.03. The number of methoxy groups -OCH3 is 1. The lowest BCUT2D eigenvalue weighted by atomic mass is 10.0. The zero-order valence-corrected chi connectivity index (χ0v) is 20.3. The van der Waals surface area contributed by atoms with Gasteiger partial charge in [-0.05, 0) is 55.8 Å². The Hall–Kier alpha value is -4.16. The fraction of sp³-hybridized carbons (Fsp3) is 0.308. The number of benzene rings is 2. The number of nitriles is 1. The van der Waals surface area contributed by atoms with Crippen molar-refractivity contribution in [3.8, 4) is 17.6 Å². The number of carbonyl (C=O) groups is 1. The number of amides is 1. The van der Waals surface area contributed by atoms with Crippen LogP contribution in [0, 0.1) is 18.3 Å². The molecule has 9 heteroatoms. The summed E-state index contributed by atoms with van der Waals surface area (Å²) >= 11 is 0. The van der Waals surface area contributed by atoms with E-state index in [4.69, 9.17) is 14.2 Å². The first kappa shape index (κ1) is 25.5. The second kappa shape index (κ2) is 11.8. The minimum atomic E-state index is -0.546. The number of aryl methyl sites for hydroxylation is 1. The Balaban J connectivity index is 1.87. The Morgan fingerprint density at radius 3 is 2.60 bits per heavy atom. The van der Waals surface area contributed by atoms with Gasteiger partial charge in [0.15, 0.2) is 0 Å². The van der Waals surface area contributed by atoms with E-state index in [1.807, 2.05) is 50.2 Å². The molecule has 0 aliphatic carbocycles. The lowest BCUT2D eigenvalue weighted by molar-refractivity contribution is -0.121. The van der Waals surface area contributed by atoms with E-state index in [9.17, 15) is 14.9 Å². The normalized spacial score (nSPS) is 10.9. The summed E-state index contributed by atoms with van der Waals surface area (Å²) in [5.41, 5.74) is 3.58. The molecule has 1 amide bonds. The van der Waals surface area contributed by atoms with Crippen molar-refractivity contribution in [2.24, 2.45) is 5.10 Å². The first-order valence-corrected chi connectivity index (χ1v) is 11.2. The SMILES string of the molecule is CCOc1ccc2ccc(OCC)c(/C=N\NC(=O)Cn3c(C)cc(COC)c(C#N)c3=O)c2c1. The van der Waals surface area contributed by atoms with E-state index in [-0.39, 0.29) is 18.7 Å². The number of hydrogen-bond donors (Lipinski definition) is 1. The topological polar surface area (TPSA) is 115 Å². The Kier molecular flexibility index (Phi) is 8.59. The van der Waals surface area contributed by atoms with Crippen LogP contribution in [0.25, 0.3) is 10.8 Å². The second-order valence-corrected chi connectivity index (χ2v) is 7.64. The van der Waals surface area contributed by atoms with Gasteiger partial charge in [-0.1, -0.05) is 12.1 Å². The van der Waals surface area contributed by atoms with Gasteiger partial charge in [-0.2, -0.15) is 10.4 Å². The minimum absolute atomic E-state index is 0.0454. The van der Waals surface area contributed by atoms with Crippen LogP contribution < -0.4 is 20.5 Å². The largest absolute Gasteiger partial charge is 0.494 e. The van der Waals surface area contributed by atoms with Crippen molar-refractivity contribution < 1.29 is 19.0 Å². The molecule has 0 saturated heterocycles. The zero-order chi connectivity index (χ0) is 25.4. The Labute approximate surface area is 203 Å². The summed E-state index contributed by atoms with van der Waals surface area (Å²) in [5, 5.41) is 15.3. The van der Waals surface area contributed by atoms with Crippen LogP contribution in [0.4, 0.5) is 0 Å². The fourth-order valence-electron chi connectivity index (χ4n) is 3.74. The van der Waals surface area contributed by atoms with Crippen LogP contribution in [0.15, 0.2) is 46.3 Å². The molecule has 0 atom stereocenters. The first-order chi connectivity index (χ1) is 16.9. The number of ether oxygens (including phenoxy) is 3. The number of carbonyl (C=O) groups excluding carboxylic acids is 1. The molecule has 1 aromatic heterocycles. The third-order valence-electron chi connectivity index (χ3n) is 5.29. The molecule has 0 saturated carbocycles. The molecule has 3 rings (SSSR count). The van der Waals surface area contributed by atoms with Crippen molar-refractivity contribution in [1.82, 2.24) is 9.99 Å². The molecule has 0 aliphatic heterocycles. The number of hydrogen-bond acceptors (Lipinski definition) is 7. The van der Waals surface area contributed by atoms with Crippen molar-refractivity contribution in [1.29, 1.82) is 5.26 Å². The number of nitrogens with one attached hydrogen (secondary N) is 1. The molecule has 0 bridgehead atoms. The summed E-state index contributed by atoms with van der Waals surface area (Å²) in [6.45, 7) is 6.34. The van der Waals surface area contributed by atoms with Crippen molar-refractivity contribution in [3.05, 3.63) is 69.1 Å². The molecule has 1 heterocycles. The molecule has 9 nitrogen and oxygen atoms in total. The van der Waals surface area contributed by atoms with Crippen LogP contribution in [0.5, 0.6) is 11.5 Å². The van der Waals surface area contributed by atoms with Crippen LogP contribution in [0.2, 0.25) is 0 Å². The van der Waals surface area contributed by atoms with Gasteiger partial charge >= 0.3 is 0 Å². The summed E-state index contributed by atoms with van der Waals surface area (Å²) in [6, 6.07) is 13.1. The lowest BCUT2D eigenvalue weighted by Crippen LogP contribution is -2.33. The number of hydrazone groups is 1. The summed E-state index contributed by atoms with van der Waals surface area (Å²) in [6.07, 6.45) is 1.51. The highest BCUT2D eigenvalue weighted by Crippen LogP contribution is 2.30. The van der Waals surface area contributed by atoms with Crippen molar-refractivity contribution >= 4 is 22.9 Å². The zero-order valence-electron chi connectivity index (χ0n) is 20.3. The molecule has 0 spiro atoms. The molecule has 182 valence electrons. The van der Waals surface area contributed by atoms with Crippen LogP contribution in [0.3, 0.4) is 0 Å². The summed E-state index contributed by atoms with van der Waals surface area (Å²) < 4.78 is 17.7. The summed E-state index contributed by atoms with van der Waals surface area (Å²) in [7, 11) is 1.48. The highest BCUT2D eigenvalue weighted by atomic mass is 16.5. The Morgan fingerprint density at radius 1 is 1.17 bits per heavy atom. The molecule has 0 aliphatic rings. The number of fused-ring (bicyclic) bond motifs is 1. The Bertz CT molecular complexity index is 1350. The van der Waals surface area contributed by atoms with Gasteiger partial charge in [-0.3, -0.25) is 9.59 Å². The van der Waals surface area contributed by atoms with Crippen molar-refractivity contribution in [3.63, 3.8) is 0 Å². The van der Waals surface area contributed by atoms with E-state index in [1.54, 1.807) is 13.0 Å². The molecular formula is C26H28N4O5. The van der Waals surface area contributed by atoms with E-state index in [1.165, 1.54) is 17.9 Å². The molecule has 35 heavy (non-hydrogen) atoms. The standard InChI is InChI=1S/C26H28N4O5/c1-5-34-20-9-7-18-8-10-24(35-6-2)23(21(18)12-20)14-28-29-25(31)15-30-17(3)11-19(16-33-4)22(13-27)26(30)32/h7-12,14H,5-6,15-16H2,1-4H3,(H,29,31)/b28-14-. The smallest absolute Gasteiger partial charge is 0.269 e. The van der Waals surface area contributed by atoms with Crippen LogP contribution in [-0.4, -0.2) is 37.0 Å². The number of rotatable bonds is 10. The van der Waals surface area contributed by atoms with Gasteiger partial charge in [0, 0.05) is 23.9 Å². The van der Waals surface area contributed by atoms with Crippen LogP contribution >= 0.6 is 0 Å².